The number of nitrogens with zero attached hydrogens (tertiary/aromatic N) is 1. The van der Waals surface area contributed by atoms with E-state index in [9.17, 15) is 13.2 Å². The average Bonchev–Trinajstić information content (AvgIpc) is 1.86. The fourth-order valence-electron chi connectivity index (χ4n) is 0.525. The number of rotatable bonds is 0. The summed E-state index contributed by atoms with van der Waals surface area (Å²) in [6.45, 7) is 0. The van der Waals surface area contributed by atoms with Crippen LogP contribution in [0.25, 0.3) is 0 Å². The number of pyridine rings is 1. The van der Waals surface area contributed by atoms with E-state index in [2.05, 4.69) is 11.2 Å². The molecule has 0 aliphatic carbocycles. The van der Waals surface area contributed by atoms with Gasteiger partial charge in [-0.15, -0.1) is 0 Å². The summed E-state index contributed by atoms with van der Waals surface area (Å²) < 4.78 is 35.6. The minimum Gasteiger partial charge on any atom is -0.252 e. The highest BCUT2D eigenvalue weighted by atomic mass is 35.5. The van der Waals surface area contributed by atoms with Crippen LogP contribution in [0.5, 0.6) is 0 Å². The van der Waals surface area contributed by atoms with E-state index >= 15 is 0 Å². The molecule has 1 aromatic heterocycles. The van der Waals surface area contributed by atoms with E-state index in [1.807, 2.05) is 0 Å². The first kappa shape index (κ1) is 8.33. The highest BCUT2D eigenvalue weighted by Crippen LogP contribution is 2.29. The van der Waals surface area contributed by atoms with Crippen molar-refractivity contribution in [1.29, 1.82) is 0 Å². The molecule has 1 radical (unpaired) electrons. The van der Waals surface area contributed by atoms with E-state index in [0.717, 1.165) is 6.07 Å². The van der Waals surface area contributed by atoms with Crippen molar-refractivity contribution in [2.24, 2.45) is 0 Å². The second-order valence-corrected chi connectivity index (χ2v) is 2.22. The molecule has 0 saturated carbocycles. The van der Waals surface area contributed by atoms with E-state index in [-0.39, 0.29) is 5.02 Å². The molecule has 0 saturated heterocycles. The van der Waals surface area contributed by atoms with Gasteiger partial charge in [0.2, 0.25) is 0 Å². The van der Waals surface area contributed by atoms with Crippen LogP contribution in [0.3, 0.4) is 0 Å². The molecule has 0 amide bonds. The van der Waals surface area contributed by atoms with Crippen molar-refractivity contribution in [3.05, 3.63) is 29.0 Å². The van der Waals surface area contributed by atoms with Gasteiger partial charge in [-0.25, -0.2) is 0 Å². The average molecular weight is 181 g/mol. The fraction of sp³-hybridized carbons (Fsp3) is 0.167. The molecule has 59 valence electrons. The summed E-state index contributed by atoms with van der Waals surface area (Å²) in [6.07, 6.45) is -1.55. The number of hydrogen-bond acceptors (Lipinski definition) is 1. The molecule has 0 spiro atoms. The summed E-state index contributed by atoms with van der Waals surface area (Å²) in [5, 5.41) is -0.139. The second-order valence-electron chi connectivity index (χ2n) is 1.82. The number of halogens is 4. The van der Waals surface area contributed by atoms with Crippen LogP contribution in [0.4, 0.5) is 13.2 Å². The number of aromatic nitrogens is 1. The summed E-state index contributed by atoms with van der Waals surface area (Å²) in [5.41, 5.74) is -0.860. The van der Waals surface area contributed by atoms with Crippen molar-refractivity contribution in [2.75, 3.05) is 0 Å². The Morgan fingerprint density at radius 3 is 2.45 bits per heavy atom. The van der Waals surface area contributed by atoms with Crippen LogP contribution < -0.4 is 0 Å². The lowest BCUT2D eigenvalue weighted by Gasteiger charge is -2.04. The topological polar surface area (TPSA) is 12.9 Å². The normalized spacial score (nSPS) is 11.6. The quantitative estimate of drug-likeness (QED) is 0.598. The Bertz CT molecular complexity index is 258. The third-order valence-electron chi connectivity index (χ3n) is 0.985. The molecule has 0 aromatic carbocycles. The zero-order valence-corrected chi connectivity index (χ0v) is 5.87. The minimum atomic E-state index is -4.38. The van der Waals surface area contributed by atoms with Crippen LogP contribution in [0.1, 0.15) is 5.56 Å². The predicted molar refractivity (Wildman–Crippen MR) is 33.1 cm³/mol. The van der Waals surface area contributed by atoms with Gasteiger partial charge in [-0.3, -0.25) is 4.98 Å². The maximum absolute atomic E-state index is 11.9. The monoisotopic (exact) mass is 180 g/mol. The Hall–Kier alpha value is -0.770. The van der Waals surface area contributed by atoms with E-state index < -0.39 is 11.7 Å². The third-order valence-corrected chi connectivity index (χ3v) is 1.18. The molecule has 0 N–H and O–H groups in total. The number of alkyl halides is 3. The molecule has 0 aliphatic heterocycles. The van der Waals surface area contributed by atoms with Crippen molar-refractivity contribution >= 4 is 11.6 Å². The lowest BCUT2D eigenvalue weighted by Crippen LogP contribution is -2.04. The van der Waals surface area contributed by atoms with Crippen LogP contribution in [0, 0.1) is 6.20 Å². The fourth-order valence-corrected chi connectivity index (χ4v) is 0.691. The van der Waals surface area contributed by atoms with Gasteiger partial charge in [-0.1, -0.05) is 11.6 Å². The van der Waals surface area contributed by atoms with Crippen molar-refractivity contribution in [3.8, 4) is 0 Å². The number of hydrogen-bond donors (Lipinski definition) is 0. The smallest absolute Gasteiger partial charge is 0.252 e. The lowest BCUT2D eigenvalue weighted by molar-refractivity contribution is -0.137. The van der Waals surface area contributed by atoms with Gasteiger partial charge in [0.1, 0.15) is 6.20 Å². The first-order valence-electron chi connectivity index (χ1n) is 2.60. The molecule has 1 rings (SSSR count). The van der Waals surface area contributed by atoms with Gasteiger partial charge in [0.15, 0.2) is 0 Å². The van der Waals surface area contributed by atoms with Crippen LogP contribution in [0.15, 0.2) is 12.3 Å². The highest BCUT2D eigenvalue weighted by Gasteiger charge is 2.30. The van der Waals surface area contributed by atoms with E-state index in [1.54, 1.807) is 0 Å². The van der Waals surface area contributed by atoms with Crippen molar-refractivity contribution in [1.82, 2.24) is 4.98 Å². The highest BCUT2D eigenvalue weighted by molar-refractivity contribution is 6.30. The molecule has 1 nitrogen and oxygen atoms in total. The van der Waals surface area contributed by atoms with Gasteiger partial charge < -0.3 is 0 Å². The Labute approximate surface area is 65.8 Å². The van der Waals surface area contributed by atoms with E-state index in [4.69, 9.17) is 11.6 Å². The third kappa shape index (κ3) is 2.08. The zero-order chi connectivity index (χ0) is 8.48. The summed E-state index contributed by atoms with van der Waals surface area (Å²) in [6, 6.07) is 0.772. The molecule has 0 atom stereocenters. The Morgan fingerprint density at radius 1 is 1.45 bits per heavy atom. The van der Waals surface area contributed by atoms with Gasteiger partial charge in [0, 0.05) is 6.20 Å². The Kier molecular flexibility index (Phi) is 2.04. The van der Waals surface area contributed by atoms with E-state index in [1.165, 1.54) is 0 Å². The van der Waals surface area contributed by atoms with Crippen LogP contribution in [0.2, 0.25) is 5.02 Å². The molecule has 0 fully saturated rings. The maximum Gasteiger partial charge on any atom is 0.417 e. The predicted octanol–water partition coefficient (Wildman–Crippen LogP) is 2.55. The summed E-state index contributed by atoms with van der Waals surface area (Å²) in [7, 11) is 0. The molecule has 0 unspecified atom stereocenters. The molecule has 5 heteroatoms. The summed E-state index contributed by atoms with van der Waals surface area (Å²) in [5.74, 6) is 0. The van der Waals surface area contributed by atoms with Crippen molar-refractivity contribution in [3.63, 3.8) is 0 Å². The lowest BCUT2D eigenvalue weighted by atomic mass is 10.3. The molecule has 0 bridgehead atoms. The van der Waals surface area contributed by atoms with Crippen LogP contribution in [-0.4, -0.2) is 4.98 Å². The SMILES string of the molecule is FC(F)(F)c1cn[c]c(Cl)c1. The summed E-state index contributed by atoms with van der Waals surface area (Å²) in [4.78, 5) is 3.17. The van der Waals surface area contributed by atoms with Gasteiger partial charge in [0.25, 0.3) is 0 Å². The molecule has 11 heavy (non-hydrogen) atoms. The van der Waals surface area contributed by atoms with Gasteiger partial charge >= 0.3 is 6.18 Å². The molecule has 0 aliphatic rings. The molecule has 1 heterocycles. The van der Waals surface area contributed by atoms with Gasteiger partial charge in [-0.2, -0.15) is 13.2 Å². The van der Waals surface area contributed by atoms with Crippen molar-refractivity contribution < 1.29 is 13.2 Å². The van der Waals surface area contributed by atoms with Crippen LogP contribution in [-0.2, 0) is 6.18 Å². The first-order valence-corrected chi connectivity index (χ1v) is 2.98. The van der Waals surface area contributed by atoms with E-state index in [0.29, 0.717) is 6.20 Å². The van der Waals surface area contributed by atoms with Gasteiger partial charge in [0.05, 0.1) is 10.6 Å². The summed E-state index contributed by atoms with van der Waals surface area (Å²) >= 11 is 5.23. The molecular weight excluding hydrogens is 179 g/mol. The van der Waals surface area contributed by atoms with Crippen LogP contribution >= 0.6 is 11.6 Å². The largest absolute Gasteiger partial charge is 0.417 e. The zero-order valence-electron chi connectivity index (χ0n) is 5.11. The first-order chi connectivity index (χ1) is 5.00. The van der Waals surface area contributed by atoms with Crippen molar-refractivity contribution in [2.45, 2.75) is 6.18 Å². The Morgan fingerprint density at radius 2 is 2.09 bits per heavy atom. The second kappa shape index (κ2) is 2.70. The minimum absolute atomic E-state index is 0.139. The molecular formula is C6H2ClF3N. The standard InChI is InChI=1S/C6H2ClF3N/c7-5-1-4(2-11-3-5)6(8,9)10/h1-2H. The Balaban J connectivity index is 3.06. The van der Waals surface area contributed by atoms with Gasteiger partial charge in [-0.05, 0) is 6.07 Å². The maximum atomic E-state index is 11.9. The molecule has 1 aromatic rings.